The van der Waals surface area contributed by atoms with Crippen LogP contribution in [0.3, 0.4) is 0 Å². The molecular weight excluding hydrogens is 568 g/mol. The van der Waals surface area contributed by atoms with Gasteiger partial charge in [-0.1, -0.05) is 36.4 Å². The summed E-state index contributed by atoms with van der Waals surface area (Å²) < 4.78 is 33.0. The van der Waals surface area contributed by atoms with Gasteiger partial charge in [-0.15, -0.1) is 0 Å². The van der Waals surface area contributed by atoms with Gasteiger partial charge in [0.15, 0.2) is 0 Å². The lowest BCUT2D eigenvalue weighted by Crippen LogP contribution is -2.52. The van der Waals surface area contributed by atoms with Gasteiger partial charge in [0.2, 0.25) is 17.0 Å². The first-order valence-electron chi connectivity index (χ1n) is 13.9. The van der Waals surface area contributed by atoms with Gasteiger partial charge in [0.05, 0.1) is 18.8 Å². The maximum absolute atomic E-state index is 13.8. The molecule has 0 bridgehead atoms. The molecule has 0 aliphatic carbocycles. The normalized spacial score (nSPS) is 14.1. The van der Waals surface area contributed by atoms with Crippen molar-refractivity contribution in [3.63, 3.8) is 0 Å². The highest BCUT2D eigenvalue weighted by atomic mass is 32.1. The summed E-state index contributed by atoms with van der Waals surface area (Å²) in [6.45, 7) is 6.34. The number of para-hydroxylation sites is 2. The van der Waals surface area contributed by atoms with Crippen LogP contribution in [-0.2, 0) is 0 Å². The number of halogens is 2. The average molecular weight is 602 g/mol. The van der Waals surface area contributed by atoms with E-state index in [4.69, 9.17) is 21.9 Å². The summed E-state index contributed by atoms with van der Waals surface area (Å²) in [4.78, 5) is 18.2. The summed E-state index contributed by atoms with van der Waals surface area (Å²) >= 11 is 5.64. The van der Waals surface area contributed by atoms with Crippen LogP contribution in [0.5, 0.6) is 5.75 Å². The van der Waals surface area contributed by atoms with E-state index in [2.05, 4.69) is 30.4 Å². The Hall–Kier alpha value is -4.48. The fourth-order valence-electron chi connectivity index (χ4n) is 5.14. The molecular formula is C32H33F2N7OS. The maximum atomic E-state index is 13.8. The molecule has 2 heterocycles. The fraction of sp³-hybridized carbons (Fsp3) is 0.250. The van der Waals surface area contributed by atoms with Gasteiger partial charge in [-0.05, 0) is 79.7 Å². The zero-order chi connectivity index (χ0) is 30.3. The van der Waals surface area contributed by atoms with E-state index in [9.17, 15) is 8.78 Å². The summed E-state index contributed by atoms with van der Waals surface area (Å²) in [6, 6.07) is 22.1. The number of hydrogen-bond acceptors (Lipinski definition) is 5. The molecule has 0 spiro atoms. The lowest BCUT2D eigenvalue weighted by atomic mass is 9.96. The van der Waals surface area contributed by atoms with Crippen molar-refractivity contribution in [1.82, 2.24) is 19.8 Å². The Morgan fingerprint density at radius 3 is 1.95 bits per heavy atom. The Labute approximate surface area is 255 Å². The van der Waals surface area contributed by atoms with Crippen molar-refractivity contribution in [1.29, 1.82) is 0 Å². The van der Waals surface area contributed by atoms with Crippen molar-refractivity contribution < 1.29 is 13.5 Å². The van der Waals surface area contributed by atoms with Crippen LogP contribution in [0.2, 0.25) is 0 Å². The molecule has 0 radical (unpaired) electrons. The smallest absolute Gasteiger partial charge is 0.229 e. The third-order valence-corrected chi connectivity index (χ3v) is 7.31. The molecule has 222 valence electrons. The number of piperazine rings is 1. The summed E-state index contributed by atoms with van der Waals surface area (Å²) in [6.07, 6.45) is 0. The molecule has 8 nitrogen and oxygen atoms in total. The quantitative estimate of drug-likeness (QED) is 0.160. The van der Waals surface area contributed by atoms with E-state index in [1.807, 2.05) is 44.2 Å². The summed E-state index contributed by atoms with van der Waals surface area (Å²) in [5.41, 5.74) is 4.22. The number of methoxy groups -OCH3 is 1. The number of thiocarbonyl (C=S) groups is 1. The number of benzene rings is 3. The summed E-state index contributed by atoms with van der Waals surface area (Å²) in [7, 11) is 1.60. The molecule has 0 saturated carbocycles. The molecule has 2 N–H and O–H groups in total. The van der Waals surface area contributed by atoms with Crippen molar-refractivity contribution in [2.45, 2.75) is 19.9 Å². The zero-order valence-electron chi connectivity index (χ0n) is 24.2. The SMILES string of the molecule is COc1ccccc1NC(=S)/N=C(\Nc1nc(C)cc(C)n1)N1CCN(C(c2ccc(F)cc2)c2ccc(F)cc2)CC1. The second kappa shape index (κ2) is 13.7. The number of ether oxygens (including phenoxy) is 1. The van der Waals surface area contributed by atoms with Crippen LogP contribution in [-0.4, -0.2) is 64.1 Å². The zero-order valence-corrected chi connectivity index (χ0v) is 25.0. The Kier molecular flexibility index (Phi) is 9.53. The van der Waals surface area contributed by atoms with E-state index in [0.29, 0.717) is 49.5 Å². The Bertz CT molecular complexity index is 1520. The number of anilines is 2. The van der Waals surface area contributed by atoms with Crippen molar-refractivity contribution in [3.8, 4) is 5.75 Å². The molecule has 1 aliphatic rings. The van der Waals surface area contributed by atoms with E-state index < -0.39 is 0 Å². The van der Waals surface area contributed by atoms with Crippen LogP contribution in [0, 0.1) is 25.5 Å². The van der Waals surface area contributed by atoms with Crippen LogP contribution >= 0.6 is 12.2 Å². The molecule has 1 aromatic heterocycles. The van der Waals surface area contributed by atoms with Crippen LogP contribution in [0.15, 0.2) is 83.9 Å². The van der Waals surface area contributed by atoms with Gasteiger partial charge < -0.3 is 15.0 Å². The molecule has 1 saturated heterocycles. The van der Waals surface area contributed by atoms with E-state index in [1.165, 1.54) is 24.3 Å². The molecule has 0 unspecified atom stereocenters. The molecule has 0 atom stereocenters. The molecule has 4 aromatic rings. The summed E-state index contributed by atoms with van der Waals surface area (Å²) in [5.74, 6) is 0.981. The van der Waals surface area contributed by atoms with E-state index in [1.54, 1.807) is 31.4 Å². The van der Waals surface area contributed by atoms with Crippen molar-refractivity contribution in [2.75, 3.05) is 43.9 Å². The van der Waals surface area contributed by atoms with Crippen LogP contribution < -0.4 is 15.4 Å². The fourth-order valence-corrected chi connectivity index (χ4v) is 5.34. The number of rotatable bonds is 6. The standard InChI is InChI=1S/C32H33F2N7OS/c1-21-20-22(2)36-30(35-21)38-31(39-32(43)37-27-6-4-5-7-28(27)42-3)41-18-16-40(17-19-41)29(23-8-12-25(33)13-9-23)24-10-14-26(34)15-11-24/h4-15,20,29H,16-19H2,1-3H3,(H2,35,36,37,38,39,43). The van der Waals surface area contributed by atoms with Gasteiger partial charge in [0, 0.05) is 37.6 Å². The number of nitrogens with one attached hydrogen (secondary N) is 2. The third-order valence-electron chi connectivity index (χ3n) is 7.11. The molecule has 43 heavy (non-hydrogen) atoms. The van der Waals surface area contributed by atoms with Crippen molar-refractivity contribution >= 4 is 34.9 Å². The van der Waals surface area contributed by atoms with Gasteiger partial charge in [-0.25, -0.2) is 18.7 Å². The van der Waals surface area contributed by atoms with Gasteiger partial charge in [0.1, 0.15) is 17.4 Å². The molecule has 1 aliphatic heterocycles. The predicted octanol–water partition coefficient (Wildman–Crippen LogP) is 5.95. The number of nitrogens with zero attached hydrogens (tertiary/aromatic N) is 5. The molecule has 3 aromatic carbocycles. The minimum atomic E-state index is -0.301. The first kappa shape index (κ1) is 30.0. The molecule has 1 fully saturated rings. The highest BCUT2D eigenvalue weighted by molar-refractivity contribution is 7.80. The number of aromatic nitrogens is 2. The Morgan fingerprint density at radius 1 is 0.837 bits per heavy atom. The highest BCUT2D eigenvalue weighted by Crippen LogP contribution is 2.30. The monoisotopic (exact) mass is 601 g/mol. The second-order valence-corrected chi connectivity index (χ2v) is 10.6. The second-order valence-electron chi connectivity index (χ2n) is 10.2. The maximum Gasteiger partial charge on any atom is 0.229 e. The van der Waals surface area contributed by atoms with Crippen LogP contribution in [0.4, 0.5) is 20.4 Å². The average Bonchev–Trinajstić information content (AvgIpc) is 2.99. The van der Waals surface area contributed by atoms with Crippen LogP contribution in [0.1, 0.15) is 28.6 Å². The highest BCUT2D eigenvalue weighted by Gasteiger charge is 2.28. The molecule has 0 amide bonds. The van der Waals surface area contributed by atoms with E-state index >= 15 is 0 Å². The first-order chi connectivity index (χ1) is 20.8. The molecule has 5 rings (SSSR count). The number of aryl methyl sites for hydroxylation is 2. The predicted molar refractivity (Wildman–Crippen MR) is 170 cm³/mol. The largest absolute Gasteiger partial charge is 0.495 e. The van der Waals surface area contributed by atoms with E-state index in [0.717, 1.165) is 22.5 Å². The minimum Gasteiger partial charge on any atom is -0.495 e. The third kappa shape index (κ3) is 7.68. The van der Waals surface area contributed by atoms with Gasteiger partial charge in [0.25, 0.3) is 0 Å². The Balaban J connectivity index is 1.39. The topological polar surface area (TPSA) is 77.9 Å². The van der Waals surface area contributed by atoms with Crippen molar-refractivity contribution in [2.24, 2.45) is 4.99 Å². The van der Waals surface area contributed by atoms with Crippen LogP contribution in [0.25, 0.3) is 0 Å². The minimum absolute atomic E-state index is 0.173. The van der Waals surface area contributed by atoms with Gasteiger partial charge in [-0.2, -0.15) is 4.99 Å². The first-order valence-corrected chi connectivity index (χ1v) is 14.3. The number of aliphatic imine (C=N–C) groups is 1. The van der Waals surface area contributed by atoms with Gasteiger partial charge >= 0.3 is 0 Å². The number of hydrogen-bond donors (Lipinski definition) is 2. The van der Waals surface area contributed by atoms with Gasteiger partial charge in [-0.3, -0.25) is 10.2 Å². The lowest BCUT2D eigenvalue weighted by molar-refractivity contribution is 0.150. The number of guanidine groups is 1. The summed E-state index contributed by atoms with van der Waals surface area (Å²) in [5, 5.41) is 6.69. The molecule has 11 heteroatoms. The van der Waals surface area contributed by atoms with E-state index in [-0.39, 0.29) is 22.8 Å². The van der Waals surface area contributed by atoms with Crippen molar-refractivity contribution in [3.05, 3.63) is 113 Å². The lowest BCUT2D eigenvalue weighted by Gasteiger charge is -2.40. The Morgan fingerprint density at radius 2 is 1.40 bits per heavy atom.